The summed E-state index contributed by atoms with van der Waals surface area (Å²) in [5.74, 6) is 0.423. The van der Waals surface area contributed by atoms with Crippen molar-refractivity contribution >= 4 is 28.5 Å². The number of hydrogen-bond donors (Lipinski definition) is 2. The summed E-state index contributed by atoms with van der Waals surface area (Å²) in [5.41, 5.74) is 2.47. The molecule has 0 bridgehead atoms. The molecule has 0 saturated carbocycles. The number of aryl methyl sites for hydroxylation is 1. The molecule has 0 radical (unpaired) electrons. The Bertz CT molecular complexity index is 942. The van der Waals surface area contributed by atoms with E-state index in [1.165, 1.54) is 0 Å². The number of ether oxygens (including phenoxy) is 1. The Balaban J connectivity index is 1.85. The number of hydrogen-bond acceptors (Lipinski definition) is 4. The minimum Gasteiger partial charge on any atom is -0.497 e. The highest BCUT2D eigenvalue weighted by Gasteiger charge is 2.18. The van der Waals surface area contributed by atoms with Crippen molar-refractivity contribution in [3.8, 4) is 5.75 Å². The molecular weight excluding hydrogens is 320 g/mol. The van der Waals surface area contributed by atoms with Gasteiger partial charge in [0, 0.05) is 29.2 Å². The number of carbonyl (C=O) groups is 2. The van der Waals surface area contributed by atoms with E-state index in [-0.39, 0.29) is 17.6 Å². The van der Waals surface area contributed by atoms with E-state index in [9.17, 15) is 9.59 Å². The van der Waals surface area contributed by atoms with E-state index >= 15 is 0 Å². The third kappa shape index (κ3) is 3.19. The van der Waals surface area contributed by atoms with Gasteiger partial charge in [0.25, 0.3) is 11.8 Å². The number of furan rings is 1. The minimum absolute atomic E-state index is 0.181. The van der Waals surface area contributed by atoms with Crippen LogP contribution in [0.2, 0.25) is 0 Å². The molecule has 2 amide bonds. The average molecular weight is 338 g/mol. The van der Waals surface area contributed by atoms with Gasteiger partial charge in [0.2, 0.25) is 0 Å². The maximum Gasteiger partial charge on any atom is 0.291 e. The van der Waals surface area contributed by atoms with Crippen molar-refractivity contribution in [2.24, 2.45) is 0 Å². The van der Waals surface area contributed by atoms with Gasteiger partial charge in [0.15, 0.2) is 5.76 Å². The highest BCUT2D eigenvalue weighted by molar-refractivity contribution is 6.06. The second kappa shape index (κ2) is 6.68. The fourth-order valence-electron chi connectivity index (χ4n) is 2.58. The Labute approximate surface area is 144 Å². The van der Waals surface area contributed by atoms with Crippen molar-refractivity contribution in [2.75, 3.05) is 19.5 Å². The first-order chi connectivity index (χ1) is 12.0. The number of carbonyl (C=O) groups excluding carboxylic acids is 2. The molecule has 1 heterocycles. The quantitative estimate of drug-likeness (QED) is 0.764. The first-order valence-electron chi connectivity index (χ1n) is 7.74. The van der Waals surface area contributed by atoms with Crippen LogP contribution in [-0.2, 0) is 0 Å². The molecule has 0 unspecified atom stereocenters. The molecule has 25 heavy (non-hydrogen) atoms. The summed E-state index contributed by atoms with van der Waals surface area (Å²) in [6.07, 6.45) is 0. The maximum absolute atomic E-state index is 12.5. The summed E-state index contributed by atoms with van der Waals surface area (Å²) < 4.78 is 10.9. The number of amides is 2. The van der Waals surface area contributed by atoms with Crippen molar-refractivity contribution in [1.82, 2.24) is 5.32 Å². The second-order valence-corrected chi connectivity index (χ2v) is 5.53. The Hall–Kier alpha value is -3.28. The van der Waals surface area contributed by atoms with Crippen LogP contribution < -0.4 is 15.4 Å². The normalized spacial score (nSPS) is 10.5. The molecular formula is C19H18N2O4. The minimum atomic E-state index is -0.347. The highest BCUT2D eigenvalue weighted by Crippen LogP contribution is 2.29. The lowest BCUT2D eigenvalue weighted by atomic mass is 10.1. The first-order valence-corrected chi connectivity index (χ1v) is 7.74. The summed E-state index contributed by atoms with van der Waals surface area (Å²) in [6, 6.07) is 12.0. The smallest absolute Gasteiger partial charge is 0.291 e. The van der Waals surface area contributed by atoms with Crippen LogP contribution in [0.1, 0.15) is 26.5 Å². The van der Waals surface area contributed by atoms with E-state index in [1.807, 2.05) is 13.0 Å². The van der Waals surface area contributed by atoms with Gasteiger partial charge in [-0.3, -0.25) is 9.59 Å². The van der Waals surface area contributed by atoms with Crippen LogP contribution in [0.5, 0.6) is 5.75 Å². The molecule has 2 N–H and O–H groups in total. The van der Waals surface area contributed by atoms with E-state index in [2.05, 4.69) is 10.6 Å². The van der Waals surface area contributed by atoms with Crippen molar-refractivity contribution in [3.05, 3.63) is 59.4 Å². The van der Waals surface area contributed by atoms with Gasteiger partial charge in [-0.25, -0.2) is 0 Å². The molecule has 6 nitrogen and oxygen atoms in total. The third-order valence-electron chi connectivity index (χ3n) is 3.98. The Kier molecular flexibility index (Phi) is 4.43. The van der Waals surface area contributed by atoms with Crippen LogP contribution in [0.3, 0.4) is 0 Å². The van der Waals surface area contributed by atoms with Crippen molar-refractivity contribution in [3.63, 3.8) is 0 Å². The Morgan fingerprint density at radius 2 is 1.76 bits per heavy atom. The van der Waals surface area contributed by atoms with Crippen LogP contribution in [0.25, 0.3) is 11.0 Å². The zero-order valence-corrected chi connectivity index (χ0v) is 14.2. The zero-order valence-electron chi connectivity index (χ0n) is 14.2. The average Bonchev–Trinajstić information content (AvgIpc) is 2.98. The Morgan fingerprint density at radius 3 is 2.40 bits per heavy atom. The molecule has 0 fully saturated rings. The van der Waals surface area contributed by atoms with Gasteiger partial charge >= 0.3 is 0 Å². The number of anilines is 1. The van der Waals surface area contributed by atoms with Gasteiger partial charge in [0.05, 0.1) is 7.11 Å². The molecule has 0 aliphatic rings. The lowest BCUT2D eigenvalue weighted by Crippen LogP contribution is -2.18. The van der Waals surface area contributed by atoms with Gasteiger partial charge in [0.1, 0.15) is 11.3 Å². The van der Waals surface area contributed by atoms with Crippen LogP contribution in [0, 0.1) is 6.92 Å². The lowest BCUT2D eigenvalue weighted by molar-refractivity contribution is 0.0962. The molecule has 6 heteroatoms. The van der Waals surface area contributed by atoms with Gasteiger partial charge in [-0.1, -0.05) is 0 Å². The van der Waals surface area contributed by atoms with Crippen LogP contribution >= 0.6 is 0 Å². The molecule has 1 aromatic heterocycles. The predicted octanol–water partition coefficient (Wildman–Crippen LogP) is 3.36. The van der Waals surface area contributed by atoms with Crippen LogP contribution in [0.15, 0.2) is 46.9 Å². The van der Waals surface area contributed by atoms with E-state index in [4.69, 9.17) is 9.15 Å². The molecule has 0 spiro atoms. The summed E-state index contributed by atoms with van der Waals surface area (Å²) in [4.78, 5) is 24.1. The van der Waals surface area contributed by atoms with E-state index in [1.54, 1.807) is 50.6 Å². The van der Waals surface area contributed by atoms with Crippen LogP contribution in [0.4, 0.5) is 5.69 Å². The van der Waals surface area contributed by atoms with Crippen molar-refractivity contribution < 1.29 is 18.7 Å². The number of fused-ring (bicyclic) bond motifs is 1. The summed E-state index contributed by atoms with van der Waals surface area (Å²) >= 11 is 0. The highest BCUT2D eigenvalue weighted by atomic mass is 16.5. The topological polar surface area (TPSA) is 80.6 Å². The second-order valence-electron chi connectivity index (χ2n) is 5.53. The molecule has 128 valence electrons. The summed E-state index contributed by atoms with van der Waals surface area (Å²) in [7, 11) is 3.16. The largest absolute Gasteiger partial charge is 0.497 e. The third-order valence-corrected chi connectivity index (χ3v) is 3.98. The molecule has 3 rings (SSSR count). The molecule has 0 aliphatic carbocycles. The fraction of sp³-hybridized carbons (Fsp3) is 0.158. The number of benzene rings is 2. The summed E-state index contributed by atoms with van der Waals surface area (Å²) in [5, 5.41) is 6.16. The molecule has 3 aromatic rings. The number of rotatable bonds is 4. The Morgan fingerprint density at radius 1 is 1.04 bits per heavy atom. The zero-order chi connectivity index (χ0) is 18.0. The maximum atomic E-state index is 12.5. The van der Waals surface area contributed by atoms with Gasteiger partial charge in [-0.2, -0.15) is 0 Å². The fourth-order valence-corrected chi connectivity index (χ4v) is 2.58. The van der Waals surface area contributed by atoms with E-state index < -0.39 is 0 Å². The monoisotopic (exact) mass is 338 g/mol. The number of nitrogens with one attached hydrogen (secondary N) is 2. The SMILES string of the molecule is CNC(=O)c1ccc(NC(=O)c2oc3ccc(OC)cc3c2C)cc1. The van der Waals surface area contributed by atoms with Gasteiger partial charge < -0.3 is 19.8 Å². The van der Waals surface area contributed by atoms with Crippen molar-refractivity contribution in [1.29, 1.82) is 0 Å². The van der Waals surface area contributed by atoms with Crippen LogP contribution in [-0.4, -0.2) is 26.0 Å². The van der Waals surface area contributed by atoms with Crippen molar-refractivity contribution in [2.45, 2.75) is 6.92 Å². The summed E-state index contributed by atoms with van der Waals surface area (Å²) in [6.45, 7) is 1.83. The van der Waals surface area contributed by atoms with E-state index in [0.717, 1.165) is 10.9 Å². The standard InChI is InChI=1S/C19H18N2O4/c1-11-15-10-14(24-3)8-9-16(15)25-17(11)19(23)21-13-6-4-12(5-7-13)18(22)20-2/h4-10H,1-3H3,(H,20,22)(H,21,23). The lowest BCUT2D eigenvalue weighted by Gasteiger charge is -2.05. The van der Waals surface area contributed by atoms with Gasteiger partial charge in [-0.05, 0) is 49.4 Å². The number of methoxy groups -OCH3 is 1. The molecule has 0 atom stereocenters. The predicted molar refractivity (Wildman–Crippen MR) is 95.3 cm³/mol. The van der Waals surface area contributed by atoms with Gasteiger partial charge in [-0.15, -0.1) is 0 Å². The molecule has 0 aliphatic heterocycles. The first kappa shape index (κ1) is 16.6. The van der Waals surface area contributed by atoms with E-state index in [0.29, 0.717) is 22.6 Å². The molecule has 0 saturated heterocycles. The molecule has 2 aromatic carbocycles.